The summed E-state index contributed by atoms with van der Waals surface area (Å²) >= 11 is 5.65. The molecule has 1 aromatic rings. The SMILES string of the molecule is C#CCCc1ccc(Cl)cc1O. The van der Waals surface area contributed by atoms with E-state index in [1.807, 2.05) is 0 Å². The molecule has 12 heavy (non-hydrogen) atoms. The highest BCUT2D eigenvalue weighted by Gasteiger charge is 1.99. The van der Waals surface area contributed by atoms with E-state index in [0.717, 1.165) is 5.56 Å². The van der Waals surface area contributed by atoms with Crippen molar-refractivity contribution in [2.75, 3.05) is 0 Å². The summed E-state index contributed by atoms with van der Waals surface area (Å²) < 4.78 is 0. The molecule has 0 aliphatic carbocycles. The number of aromatic hydroxyl groups is 1. The van der Waals surface area contributed by atoms with Crippen LogP contribution in [0, 0.1) is 12.3 Å². The van der Waals surface area contributed by atoms with Gasteiger partial charge in [0.1, 0.15) is 5.75 Å². The molecule has 1 aromatic carbocycles. The fourth-order valence-electron chi connectivity index (χ4n) is 0.955. The maximum absolute atomic E-state index is 9.36. The van der Waals surface area contributed by atoms with Crippen LogP contribution in [0.2, 0.25) is 5.02 Å². The summed E-state index contributed by atoms with van der Waals surface area (Å²) in [6, 6.07) is 5.05. The van der Waals surface area contributed by atoms with Gasteiger partial charge in [-0.1, -0.05) is 17.7 Å². The van der Waals surface area contributed by atoms with Crippen LogP contribution in [0.1, 0.15) is 12.0 Å². The Labute approximate surface area is 77.0 Å². The molecular weight excluding hydrogens is 172 g/mol. The second-order valence-electron chi connectivity index (χ2n) is 2.48. The molecule has 0 saturated carbocycles. The zero-order valence-electron chi connectivity index (χ0n) is 6.55. The van der Waals surface area contributed by atoms with E-state index < -0.39 is 0 Å². The molecule has 62 valence electrons. The fraction of sp³-hybridized carbons (Fsp3) is 0.200. The molecule has 0 aliphatic heterocycles. The van der Waals surface area contributed by atoms with E-state index in [1.54, 1.807) is 12.1 Å². The van der Waals surface area contributed by atoms with Crippen LogP contribution in [-0.4, -0.2) is 5.11 Å². The quantitative estimate of drug-likeness (QED) is 0.694. The predicted molar refractivity (Wildman–Crippen MR) is 50.3 cm³/mol. The molecule has 0 atom stereocenters. The third kappa shape index (κ3) is 2.18. The van der Waals surface area contributed by atoms with E-state index >= 15 is 0 Å². The van der Waals surface area contributed by atoms with Gasteiger partial charge in [0.15, 0.2) is 0 Å². The Morgan fingerprint density at radius 3 is 2.83 bits per heavy atom. The summed E-state index contributed by atoms with van der Waals surface area (Å²) in [5.41, 5.74) is 0.845. The molecular formula is C10H9ClO. The standard InChI is InChI=1S/C10H9ClO/c1-2-3-4-8-5-6-9(11)7-10(8)12/h1,5-7,12H,3-4H2. The van der Waals surface area contributed by atoms with Crippen LogP contribution in [0.25, 0.3) is 0 Å². The minimum Gasteiger partial charge on any atom is -0.508 e. The average molecular weight is 181 g/mol. The molecule has 0 unspecified atom stereocenters. The number of phenolic OH excluding ortho intramolecular Hbond substituents is 1. The molecule has 0 bridgehead atoms. The van der Waals surface area contributed by atoms with Crippen molar-refractivity contribution in [2.24, 2.45) is 0 Å². The minimum atomic E-state index is 0.220. The molecule has 0 heterocycles. The summed E-state index contributed by atoms with van der Waals surface area (Å²) in [5.74, 6) is 2.73. The fourth-order valence-corrected chi connectivity index (χ4v) is 1.12. The van der Waals surface area contributed by atoms with Crippen molar-refractivity contribution in [2.45, 2.75) is 12.8 Å². The van der Waals surface area contributed by atoms with Crippen molar-refractivity contribution in [3.05, 3.63) is 28.8 Å². The Bertz CT molecular complexity index is 312. The Morgan fingerprint density at radius 2 is 2.25 bits per heavy atom. The third-order valence-corrected chi connectivity index (χ3v) is 1.82. The van der Waals surface area contributed by atoms with Crippen molar-refractivity contribution >= 4 is 11.6 Å². The largest absolute Gasteiger partial charge is 0.508 e. The lowest BCUT2D eigenvalue weighted by Gasteiger charge is -2.01. The summed E-state index contributed by atoms with van der Waals surface area (Å²) in [6.45, 7) is 0. The minimum absolute atomic E-state index is 0.220. The van der Waals surface area contributed by atoms with Gasteiger partial charge in [-0.25, -0.2) is 0 Å². The predicted octanol–water partition coefficient (Wildman–Crippen LogP) is 2.61. The Morgan fingerprint density at radius 1 is 1.50 bits per heavy atom. The van der Waals surface area contributed by atoms with Crippen molar-refractivity contribution < 1.29 is 5.11 Å². The number of aryl methyl sites for hydroxylation is 1. The monoisotopic (exact) mass is 180 g/mol. The lowest BCUT2D eigenvalue weighted by Crippen LogP contribution is -1.83. The molecule has 1 nitrogen and oxygen atoms in total. The molecule has 0 spiro atoms. The van der Waals surface area contributed by atoms with E-state index in [1.165, 1.54) is 6.07 Å². The first-order valence-electron chi connectivity index (χ1n) is 3.65. The number of phenols is 1. The van der Waals surface area contributed by atoms with Crippen LogP contribution in [0.15, 0.2) is 18.2 Å². The van der Waals surface area contributed by atoms with E-state index in [0.29, 0.717) is 17.9 Å². The van der Waals surface area contributed by atoms with Gasteiger partial charge >= 0.3 is 0 Å². The number of hydrogen-bond acceptors (Lipinski definition) is 1. The summed E-state index contributed by atoms with van der Waals surface area (Å²) in [5, 5.41) is 9.90. The summed E-state index contributed by atoms with van der Waals surface area (Å²) in [6.07, 6.45) is 6.43. The van der Waals surface area contributed by atoms with Crippen LogP contribution in [-0.2, 0) is 6.42 Å². The third-order valence-electron chi connectivity index (χ3n) is 1.59. The highest BCUT2D eigenvalue weighted by Crippen LogP contribution is 2.22. The molecule has 1 rings (SSSR count). The van der Waals surface area contributed by atoms with Crippen molar-refractivity contribution in [3.8, 4) is 18.1 Å². The van der Waals surface area contributed by atoms with Crippen LogP contribution >= 0.6 is 11.6 Å². The number of hydrogen-bond donors (Lipinski definition) is 1. The maximum Gasteiger partial charge on any atom is 0.120 e. The van der Waals surface area contributed by atoms with Gasteiger partial charge in [-0.2, -0.15) is 0 Å². The first-order valence-corrected chi connectivity index (χ1v) is 4.02. The van der Waals surface area contributed by atoms with Crippen LogP contribution in [0.3, 0.4) is 0 Å². The van der Waals surface area contributed by atoms with E-state index in [-0.39, 0.29) is 5.75 Å². The Hall–Kier alpha value is -1.13. The Kier molecular flexibility index (Phi) is 3.01. The van der Waals surface area contributed by atoms with Crippen LogP contribution in [0.5, 0.6) is 5.75 Å². The molecule has 0 aromatic heterocycles. The lowest BCUT2D eigenvalue weighted by molar-refractivity contribution is 0.468. The van der Waals surface area contributed by atoms with Gasteiger partial charge in [-0.3, -0.25) is 0 Å². The zero-order valence-corrected chi connectivity index (χ0v) is 7.30. The van der Waals surface area contributed by atoms with Gasteiger partial charge in [-0.05, 0) is 24.1 Å². The molecule has 0 saturated heterocycles. The maximum atomic E-state index is 9.36. The number of halogens is 1. The zero-order chi connectivity index (χ0) is 8.97. The van der Waals surface area contributed by atoms with Crippen LogP contribution < -0.4 is 0 Å². The highest BCUT2D eigenvalue weighted by atomic mass is 35.5. The number of benzene rings is 1. The molecule has 0 radical (unpaired) electrons. The lowest BCUT2D eigenvalue weighted by atomic mass is 10.1. The molecule has 0 amide bonds. The average Bonchev–Trinajstić information content (AvgIpc) is 2.03. The molecule has 1 N–H and O–H groups in total. The van der Waals surface area contributed by atoms with Gasteiger partial charge in [0.2, 0.25) is 0 Å². The first-order chi connectivity index (χ1) is 5.74. The second-order valence-corrected chi connectivity index (χ2v) is 2.91. The van der Waals surface area contributed by atoms with Crippen molar-refractivity contribution in [3.63, 3.8) is 0 Å². The number of rotatable bonds is 2. The second kappa shape index (κ2) is 4.04. The van der Waals surface area contributed by atoms with E-state index in [4.69, 9.17) is 18.0 Å². The first kappa shape index (κ1) is 8.96. The normalized spacial score (nSPS) is 9.33. The van der Waals surface area contributed by atoms with Gasteiger partial charge in [0, 0.05) is 11.4 Å². The topological polar surface area (TPSA) is 20.2 Å². The Balaban J connectivity index is 2.81. The summed E-state index contributed by atoms with van der Waals surface area (Å²) in [4.78, 5) is 0. The van der Waals surface area contributed by atoms with Gasteiger partial charge < -0.3 is 5.11 Å². The molecule has 0 aliphatic rings. The smallest absolute Gasteiger partial charge is 0.120 e. The molecule has 2 heteroatoms. The van der Waals surface area contributed by atoms with Gasteiger partial charge in [0.25, 0.3) is 0 Å². The molecule has 0 fully saturated rings. The van der Waals surface area contributed by atoms with E-state index in [9.17, 15) is 5.11 Å². The van der Waals surface area contributed by atoms with Gasteiger partial charge in [-0.15, -0.1) is 12.3 Å². The van der Waals surface area contributed by atoms with Crippen molar-refractivity contribution in [1.29, 1.82) is 0 Å². The summed E-state index contributed by atoms with van der Waals surface area (Å²) in [7, 11) is 0. The van der Waals surface area contributed by atoms with Gasteiger partial charge in [0.05, 0.1) is 0 Å². The van der Waals surface area contributed by atoms with Crippen LogP contribution in [0.4, 0.5) is 0 Å². The van der Waals surface area contributed by atoms with Crippen molar-refractivity contribution in [1.82, 2.24) is 0 Å². The highest BCUT2D eigenvalue weighted by molar-refractivity contribution is 6.30. The van der Waals surface area contributed by atoms with E-state index in [2.05, 4.69) is 5.92 Å². The number of terminal acetylenes is 1.